The number of rotatable bonds is 6. The monoisotopic (exact) mass is 527 g/mol. The summed E-state index contributed by atoms with van der Waals surface area (Å²) in [5.74, 6) is -0.0137. The quantitative estimate of drug-likeness (QED) is 0.109. The number of carbonyl (C=O) groups is 2. The third kappa shape index (κ3) is 4.88. The van der Waals surface area contributed by atoms with E-state index < -0.39 is 16.7 Å². The Morgan fingerprint density at radius 2 is 1.59 bits per heavy atom. The lowest BCUT2D eigenvalue weighted by Gasteiger charge is -2.29. The molecule has 1 fully saturated rings. The first-order chi connectivity index (χ1) is 17.9. The van der Waals surface area contributed by atoms with E-state index in [1.54, 1.807) is 53.9 Å². The van der Waals surface area contributed by atoms with Gasteiger partial charge in [-0.3, -0.25) is 29.9 Å². The van der Waals surface area contributed by atoms with Crippen LogP contribution in [0, 0.1) is 10.1 Å². The highest BCUT2D eigenvalue weighted by atomic mass is 32.1. The van der Waals surface area contributed by atoms with Crippen molar-refractivity contribution in [3.63, 3.8) is 0 Å². The van der Waals surface area contributed by atoms with Crippen LogP contribution in [0.25, 0.3) is 16.5 Å². The van der Waals surface area contributed by atoms with Crippen LogP contribution in [0.15, 0.2) is 95.9 Å². The van der Waals surface area contributed by atoms with Gasteiger partial charge >= 0.3 is 0 Å². The lowest BCUT2D eigenvalue weighted by molar-refractivity contribution is -0.384. The van der Waals surface area contributed by atoms with Gasteiger partial charge in [0.2, 0.25) is 0 Å². The molecule has 2 amide bonds. The lowest BCUT2D eigenvalue weighted by Crippen LogP contribution is -2.54. The fraction of sp³-hybridized carbons (Fsp3) is 0. The van der Waals surface area contributed by atoms with Gasteiger partial charge in [0, 0.05) is 10.9 Å². The number of nitro groups is 1. The number of thiophene rings is 1. The first-order valence-corrected chi connectivity index (χ1v) is 12.3. The summed E-state index contributed by atoms with van der Waals surface area (Å²) in [7, 11) is 0. The van der Waals surface area contributed by atoms with Gasteiger partial charge in [0.25, 0.3) is 17.5 Å². The number of nitro benzene ring substituents is 1. The first-order valence-electron chi connectivity index (χ1n) is 11.0. The van der Waals surface area contributed by atoms with E-state index in [2.05, 4.69) is 5.32 Å². The summed E-state index contributed by atoms with van der Waals surface area (Å²) in [5, 5.41) is 15.8. The molecular formula is C27H17N3O5S2. The van der Waals surface area contributed by atoms with Crippen molar-refractivity contribution < 1.29 is 19.2 Å². The maximum atomic E-state index is 13.4. The molecule has 182 valence electrons. The number of nitrogens with one attached hydrogen (secondary N) is 1. The van der Waals surface area contributed by atoms with Crippen molar-refractivity contribution >= 4 is 57.9 Å². The van der Waals surface area contributed by atoms with Gasteiger partial charge in [-0.15, -0.1) is 11.3 Å². The number of anilines is 1. The molecule has 0 atom stereocenters. The minimum atomic E-state index is -0.644. The summed E-state index contributed by atoms with van der Waals surface area (Å²) in [4.78, 5) is 39.1. The van der Waals surface area contributed by atoms with Crippen LogP contribution >= 0.6 is 23.6 Å². The second kappa shape index (κ2) is 10.1. The molecule has 1 N–H and O–H groups in total. The molecule has 0 spiro atoms. The Labute approximate surface area is 220 Å². The molecule has 4 aromatic rings. The van der Waals surface area contributed by atoms with Crippen molar-refractivity contribution in [2.24, 2.45) is 0 Å². The lowest BCUT2D eigenvalue weighted by atomic mass is 10.0. The second-order valence-corrected chi connectivity index (χ2v) is 9.15. The number of ether oxygens (including phenoxy) is 1. The zero-order chi connectivity index (χ0) is 25.9. The molecule has 0 bridgehead atoms. The Morgan fingerprint density at radius 3 is 2.32 bits per heavy atom. The summed E-state index contributed by atoms with van der Waals surface area (Å²) >= 11 is 6.57. The SMILES string of the molecule is O=C1NC(=S)N(c2ccc(Oc3ccccc3)cc2)C(=O)/C1=C/c1ccsc1-c1ccccc1[N+](=O)[O-]. The van der Waals surface area contributed by atoms with Crippen LogP contribution in [-0.2, 0) is 9.59 Å². The molecule has 0 unspecified atom stereocenters. The van der Waals surface area contributed by atoms with Gasteiger partial charge in [-0.25, -0.2) is 0 Å². The third-order valence-electron chi connectivity index (χ3n) is 5.52. The highest BCUT2D eigenvalue weighted by Gasteiger charge is 2.35. The van der Waals surface area contributed by atoms with E-state index in [0.29, 0.717) is 33.2 Å². The standard InChI is InChI=1S/C27H17N3O5S2/c31-25-22(16-17-14-15-37-24(17)21-8-4-5-9-23(21)30(33)34)26(32)29(27(36)28-25)18-10-12-20(13-11-18)35-19-6-2-1-3-7-19/h1-16H,(H,28,31,36)/b22-16+. The summed E-state index contributed by atoms with van der Waals surface area (Å²) in [6.45, 7) is 0. The fourth-order valence-electron chi connectivity index (χ4n) is 3.81. The van der Waals surface area contributed by atoms with E-state index in [4.69, 9.17) is 17.0 Å². The molecule has 1 saturated heterocycles. The van der Waals surface area contributed by atoms with Crippen LogP contribution in [0.3, 0.4) is 0 Å². The molecular weight excluding hydrogens is 510 g/mol. The van der Waals surface area contributed by atoms with E-state index in [-0.39, 0.29) is 16.4 Å². The second-order valence-electron chi connectivity index (χ2n) is 7.85. The van der Waals surface area contributed by atoms with Gasteiger partial charge in [0.05, 0.1) is 16.2 Å². The summed E-state index contributed by atoms with van der Waals surface area (Å²) in [6.07, 6.45) is 1.43. The molecule has 0 radical (unpaired) electrons. The van der Waals surface area contributed by atoms with Crippen LogP contribution in [0.1, 0.15) is 5.56 Å². The van der Waals surface area contributed by atoms with Crippen molar-refractivity contribution in [3.8, 4) is 21.9 Å². The molecule has 10 heteroatoms. The number of carbonyl (C=O) groups excluding carboxylic acids is 2. The number of nitrogens with zero attached hydrogens (tertiary/aromatic N) is 2. The van der Waals surface area contributed by atoms with Crippen molar-refractivity contribution in [3.05, 3.63) is 112 Å². The Balaban J connectivity index is 1.46. The Kier molecular flexibility index (Phi) is 6.59. The van der Waals surface area contributed by atoms with Crippen molar-refractivity contribution in [2.45, 2.75) is 0 Å². The highest BCUT2D eigenvalue weighted by Crippen LogP contribution is 2.37. The third-order valence-corrected chi connectivity index (χ3v) is 6.76. The van der Waals surface area contributed by atoms with Gasteiger partial charge < -0.3 is 4.74 Å². The number of thiocarbonyl (C=S) groups is 1. The summed E-state index contributed by atoms with van der Waals surface area (Å²) in [5.41, 5.74) is 1.16. The number of hydrogen-bond donors (Lipinski definition) is 1. The van der Waals surface area contributed by atoms with E-state index >= 15 is 0 Å². The van der Waals surface area contributed by atoms with E-state index in [1.165, 1.54) is 28.4 Å². The number of para-hydroxylation sites is 2. The van der Waals surface area contributed by atoms with Gasteiger partial charge in [-0.2, -0.15) is 0 Å². The molecule has 1 aliphatic rings. The van der Waals surface area contributed by atoms with E-state index in [9.17, 15) is 19.7 Å². The van der Waals surface area contributed by atoms with Crippen LogP contribution in [-0.4, -0.2) is 21.9 Å². The predicted molar refractivity (Wildman–Crippen MR) is 146 cm³/mol. The maximum absolute atomic E-state index is 13.4. The van der Waals surface area contributed by atoms with Gasteiger partial charge in [-0.1, -0.05) is 30.3 Å². The van der Waals surface area contributed by atoms with Gasteiger partial charge in [0.15, 0.2) is 5.11 Å². The van der Waals surface area contributed by atoms with Crippen LogP contribution in [0.5, 0.6) is 11.5 Å². The minimum absolute atomic E-state index is 0.0480. The van der Waals surface area contributed by atoms with Crippen LogP contribution < -0.4 is 15.0 Å². The number of amides is 2. The minimum Gasteiger partial charge on any atom is -0.457 e. The van der Waals surface area contributed by atoms with Gasteiger partial charge in [-0.05, 0) is 77.8 Å². The Hall–Kier alpha value is -4.67. The topological polar surface area (TPSA) is 102 Å². The molecule has 1 aromatic heterocycles. The number of hydrogen-bond acceptors (Lipinski definition) is 7. The highest BCUT2D eigenvalue weighted by molar-refractivity contribution is 7.80. The van der Waals surface area contributed by atoms with Crippen molar-refractivity contribution in [1.29, 1.82) is 0 Å². The molecule has 0 aliphatic carbocycles. The molecule has 5 rings (SSSR count). The first kappa shape index (κ1) is 24.0. The number of benzene rings is 3. The van der Waals surface area contributed by atoms with E-state index in [0.717, 1.165) is 0 Å². The van der Waals surface area contributed by atoms with E-state index in [1.807, 2.05) is 30.3 Å². The van der Waals surface area contributed by atoms with Crippen LogP contribution in [0.2, 0.25) is 0 Å². The molecule has 8 nitrogen and oxygen atoms in total. The van der Waals surface area contributed by atoms with Crippen molar-refractivity contribution in [1.82, 2.24) is 5.32 Å². The average Bonchev–Trinajstić information content (AvgIpc) is 3.36. The smallest absolute Gasteiger partial charge is 0.278 e. The summed E-state index contributed by atoms with van der Waals surface area (Å²) < 4.78 is 5.80. The largest absolute Gasteiger partial charge is 0.457 e. The summed E-state index contributed by atoms with van der Waals surface area (Å²) in [6, 6.07) is 24.0. The predicted octanol–water partition coefficient (Wildman–Crippen LogP) is 5.95. The molecule has 37 heavy (non-hydrogen) atoms. The molecule has 0 saturated carbocycles. The van der Waals surface area contributed by atoms with Crippen LogP contribution in [0.4, 0.5) is 11.4 Å². The maximum Gasteiger partial charge on any atom is 0.278 e. The average molecular weight is 528 g/mol. The Morgan fingerprint density at radius 1 is 0.919 bits per heavy atom. The van der Waals surface area contributed by atoms with Gasteiger partial charge in [0.1, 0.15) is 17.1 Å². The normalized spacial score (nSPS) is 14.5. The molecule has 1 aliphatic heterocycles. The zero-order valence-electron chi connectivity index (χ0n) is 19.0. The fourth-order valence-corrected chi connectivity index (χ4v) is 5.01. The van der Waals surface area contributed by atoms with Crippen molar-refractivity contribution in [2.75, 3.05) is 4.90 Å². The zero-order valence-corrected chi connectivity index (χ0v) is 20.6. The Bertz CT molecular complexity index is 1560. The molecule has 2 heterocycles. The molecule has 3 aromatic carbocycles.